The number of halogens is 3. The Bertz CT molecular complexity index is 1310. The summed E-state index contributed by atoms with van der Waals surface area (Å²) < 4.78 is 43.0. The fraction of sp³-hybridized carbons (Fsp3) is 0.304. The Labute approximate surface area is 192 Å². The van der Waals surface area contributed by atoms with Crippen LogP contribution in [0.4, 0.5) is 13.2 Å². The Morgan fingerprint density at radius 3 is 2.45 bits per heavy atom. The summed E-state index contributed by atoms with van der Waals surface area (Å²) >= 11 is 1.44. The third kappa shape index (κ3) is 5.01. The molecule has 1 N–H and O–H groups in total. The SMILES string of the molecule is CCN(CC)CCSc1nc2c([nH]c3ccccc32)c(=O)n1-c1ccc(OC(F)(F)F)cc1. The van der Waals surface area contributed by atoms with Crippen molar-refractivity contribution in [3.05, 3.63) is 58.9 Å². The van der Waals surface area contributed by atoms with E-state index in [4.69, 9.17) is 4.98 Å². The van der Waals surface area contributed by atoms with Crippen LogP contribution in [0.2, 0.25) is 0 Å². The van der Waals surface area contributed by atoms with Crippen LogP contribution in [0.1, 0.15) is 13.8 Å². The molecule has 2 aromatic heterocycles. The summed E-state index contributed by atoms with van der Waals surface area (Å²) in [6, 6.07) is 12.8. The number of para-hydroxylation sites is 1. The van der Waals surface area contributed by atoms with Gasteiger partial charge in [0.05, 0.1) is 5.69 Å². The zero-order chi connectivity index (χ0) is 23.6. The first-order chi connectivity index (χ1) is 15.8. The number of H-pyrrole nitrogens is 1. The van der Waals surface area contributed by atoms with Gasteiger partial charge in [-0.05, 0) is 43.4 Å². The van der Waals surface area contributed by atoms with Gasteiger partial charge in [0, 0.05) is 23.2 Å². The third-order valence-electron chi connectivity index (χ3n) is 5.36. The maximum absolute atomic E-state index is 13.5. The first-order valence-electron chi connectivity index (χ1n) is 10.6. The van der Waals surface area contributed by atoms with E-state index in [1.807, 2.05) is 24.3 Å². The largest absolute Gasteiger partial charge is 0.573 e. The molecule has 0 atom stereocenters. The van der Waals surface area contributed by atoms with Crippen molar-refractivity contribution in [3.63, 3.8) is 0 Å². The number of fused-ring (bicyclic) bond motifs is 3. The molecule has 0 aliphatic rings. The van der Waals surface area contributed by atoms with Gasteiger partial charge in [0.25, 0.3) is 5.56 Å². The molecule has 0 fully saturated rings. The van der Waals surface area contributed by atoms with E-state index in [9.17, 15) is 18.0 Å². The van der Waals surface area contributed by atoms with Crippen LogP contribution in [0.25, 0.3) is 27.6 Å². The van der Waals surface area contributed by atoms with Crippen LogP contribution in [0.3, 0.4) is 0 Å². The van der Waals surface area contributed by atoms with Gasteiger partial charge < -0.3 is 14.6 Å². The van der Waals surface area contributed by atoms with Crippen molar-refractivity contribution < 1.29 is 17.9 Å². The lowest BCUT2D eigenvalue weighted by molar-refractivity contribution is -0.274. The number of benzene rings is 2. The number of hydrogen-bond acceptors (Lipinski definition) is 5. The van der Waals surface area contributed by atoms with Crippen LogP contribution in [0.5, 0.6) is 5.75 Å². The van der Waals surface area contributed by atoms with E-state index in [0.29, 0.717) is 27.6 Å². The third-order valence-corrected chi connectivity index (χ3v) is 6.27. The fourth-order valence-electron chi connectivity index (χ4n) is 3.67. The van der Waals surface area contributed by atoms with Gasteiger partial charge in [-0.1, -0.05) is 43.8 Å². The lowest BCUT2D eigenvalue weighted by Crippen LogP contribution is -2.26. The van der Waals surface area contributed by atoms with Crippen molar-refractivity contribution in [2.45, 2.75) is 25.4 Å². The predicted octanol–water partition coefficient (Wildman–Crippen LogP) is 5.20. The highest BCUT2D eigenvalue weighted by molar-refractivity contribution is 7.99. The molecule has 4 rings (SSSR count). The molecule has 6 nitrogen and oxygen atoms in total. The average Bonchev–Trinajstić information content (AvgIpc) is 3.16. The minimum atomic E-state index is -4.78. The number of thioether (sulfide) groups is 1. The first kappa shape index (κ1) is 23.2. The summed E-state index contributed by atoms with van der Waals surface area (Å²) in [7, 11) is 0. The second-order valence-electron chi connectivity index (χ2n) is 7.35. The highest BCUT2D eigenvalue weighted by Crippen LogP contribution is 2.28. The van der Waals surface area contributed by atoms with Crippen molar-refractivity contribution >= 4 is 33.7 Å². The van der Waals surface area contributed by atoms with E-state index in [0.717, 1.165) is 30.5 Å². The van der Waals surface area contributed by atoms with E-state index in [1.165, 1.54) is 40.6 Å². The van der Waals surface area contributed by atoms with Crippen LogP contribution in [0, 0.1) is 0 Å². The number of alkyl halides is 3. The minimum Gasteiger partial charge on any atom is -0.406 e. The van der Waals surface area contributed by atoms with Crippen molar-refractivity contribution in [3.8, 4) is 11.4 Å². The van der Waals surface area contributed by atoms with Crippen LogP contribution in [0.15, 0.2) is 58.5 Å². The molecule has 0 saturated heterocycles. The predicted molar refractivity (Wildman–Crippen MR) is 124 cm³/mol. The molecular weight excluding hydrogens is 453 g/mol. The Morgan fingerprint density at radius 2 is 1.79 bits per heavy atom. The Kier molecular flexibility index (Phi) is 6.66. The van der Waals surface area contributed by atoms with Gasteiger partial charge >= 0.3 is 6.36 Å². The lowest BCUT2D eigenvalue weighted by Gasteiger charge is -2.18. The number of aromatic nitrogens is 3. The van der Waals surface area contributed by atoms with E-state index in [1.54, 1.807) is 0 Å². The molecule has 0 radical (unpaired) electrons. The summed E-state index contributed by atoms with van der Waals surface area (Å²) in [5.74, 6) is 0.353. The molecule has 0 unspecified atom stereocenters. The smallest absolute Gasteiger partial charge is 0.406 e. The summed E-state index contributed by atoms with van der Waals surface area (Å²) in [5, 5.41) is 1.32. The molecule has 2 aromatic carbocycles. The van der Waals surface area contributed by atoms with Crippen LogP contribution in [-0.4, -0.2) is 51.2 Å². The highest BCUT2D eigenvalue weighted by Gasteiger charge is 2.31. The monoisotopic (exact) mass is 476 g/mol. The second-order valence-corrected chi connectivity index (χ2v) is 8.41. The van der Waals surface area contributed by atoms with Crippen LogP contribution >= 0.6 is 11.8 Å². The maximum atomic E-state index is 13.5. The Morgan fingerprint density at radius 1 is 1.09 bits per heavy atom. The zero-order valence-corrected chi connectivity index (χ0v) is 19.0. The number of nitrogens with zero attached hydrogens (tertiary/aromatic N) is 3. The molecule has 0 aliphatic carbocycles. The lowest BCUT2D eigenvalue weighted by atomic mass is 10.2. The van der Waals surface area contributed by atoms with E-state index >= 15 is 0 Å². The number of rotatable bonds is 8. The summed E-state index contributed by atoms with van der Waals surface area (Å²) in [4.78, 5) is 23.7. The quantitative estimate of drug-likeness (QED) is 0.280. The summed E-state index contributed by atoms with van der Waals surface area (Å²) in [6.07, 6.45) is -4.78. The van der Waals surface area contributed by atoms with Crippen molar-refractivity contribution in [1.82, 2.24) is 19.4 Å². The standard InChI is InChI=1S/C23H23F3N4O2S/c1-3-29(4-2)13-14-33-22-28-19-17-7-5-6-8-18(17)27-20(19)21(31)30(22)15-9-11-16(12-10-15)32-23(24,25)26/h5-12,27H,3-4,13-14H2,1-2H3. The number of hydrogen-bond donors (Lipinski definition) is 1. The zero-order valence-electron chi connectivity index (χ0n) is 18.1. The molecule has 33 heavy (non-hydrogen) atoms. The van der Waals surface area contributed by atoms with Crippen LogP contribution < -0.4 is 10.3 Å². The molecule has 4 aromatic rings. The van der Waals surface area contributed by atoms with Gasteiger partial charge in [0.2, 0.25) is 0 Å². The highest BCUT2D eigenvalue weighted by atomic mass is 32.2. The number of nitrogens with one attached hydrogen (secondary N) is 1. The molecule has 0 saturated carbocycles. The fourth-order valence-corrected chi connectivity index (χ4v) is 4.67. The van der Waals surface area contributed by atoms with Gasteiger partial charge in [-0.2, -0.15) is 0 Å². The molecule has 0 bridgehead atoms. The average molecular weight is 477 g/mol. The summed E-state index contributed by atoms with van der Waals surface area (Å²) in [6.45, 7) is 6.83. The molecule has 10 heteroatoms. The van der Waals surface area contributed by atoms with Crippen molar-refractivity contribution in [2.75, 3.05) is 25.4 Å². The Hall–Kier alpha value is -2.98. The molecule has 174 valence electrons. The van der Waals surface area contributed by atoms with Crippen molar-refractivity contribution in [1.29, 1.82) is 0 Å². The molecular formula is C23H23F3N4O2S. The normalized spacial score (nSPS) is 12.2. The molecule has 0 amide bonds. The minimum absolute atomic E-state index is 0.314. The number of ether oxygens (including phenoxy) is 1. The first-order valence-corrected chi connectivity index (χ1v) is 11.5. The summed E-state index contributed by atoms with van der Waals surface area (Å²) in [5.41, 5.74) is 1.82. The van der Waals surface area contributed by atoms with Gasteiger partial charge in [-0.3, -0.25) is 9.36 Å². The van der Waals surface area contributed by atoms with Gasteiger partial charge in [0.15, 0.2) is 5.16 Å². The van der Waals surface area contributed by atoms with E-state index < -0.39 is 6.36 Å². The maximum Gasteiger partial charge on any atom is 0.573 e. The van der Waals surface area contributed by atoms with E-state index in [-0.39, 0.29) is 11.3 Å². The van der Waals surface area contributed by atoms with Crippen molar-refractivity contribution in [2.24, 2.45) is 0 Å². The molecule has 0 aliphatic heterocycles. The van der Waals surface area contributed by atoms with Gasteiger partial charge in [-0.15, -0.1) is 13.2 Å². The van der Waals surface area contributed by atoms with Gasteiger partial charge in [-0.25, -0.2) is 4.98 Å². The number of aromatic amines is 1. The van der Waals surface area contributed by atoms with E-state index in [2.05, 4.69) is 28.5 Å². The molecule has 2 heterocycles. The molecule has 0 spiro atoms. The Balaban J connectivity index is 1.79. The van der Waals surface area contributed by atoms with Crippen LogP contribution in [-0.2, 0) is 0 Å². The topological polar surface area (TPSA) is 63.2 Å². The van der Waals surface area contributed by atoms with Gasteiger partial charge in [0.1, 0.15) is 16.8 Å². The second kappa shape index (κ2) is 9.48.